The van der Waals surface area contributed by atoms with Gasteiger partial charge >= 0.3 is 6.03 Å². The minimum atomic E-state index is -0.550. The van der Waals surface area contributed by atoms with Gasteiger partial charge in [0.15, 0.2) is 5.16 Å². The molecule has 0 unspecified atom stereocenters. The van der Waals surface area contributed by atoms with Gasteiger partial charge in [0.1, 0.15) is 4.83 Å². The molecule has 1 aliphatic carbocycles. The van der Waals surface area contributed by atoms with E-state index in [1.807, 2.05) is 0 Å². The molecule has 2 aromatic heterocycles. The number of carbonyl (C=O) groups excluding carboxylic acids is 2. The second-order valence-electron chi connectivity index (χ2n) is 6.92. The van der Waals surface area contributed by atoms with Gasteiger partial charge in [0.2, 0.25) is 5.91 Å². The Morgan fingerprint density at radius 3 is 2.82 bits per heavy atom. The maximum atomic E-state index is 13.3. The third kappa shape index (κ3) is 4.25. The summed E-state index contributed by atoms with van der Waals surface area (Å²) in [6, 6.07) is -0.545. The molecule has 0 bridgehead atoms. The Morgan fingerprint density at radius 1 is 1.32 bits per heavy atom. The minimum absolute atomic E-state index is 0.00177. The van der Waals surface area contributed by atoms with Gasteiger partial charge in [0.05, 0.1) is 10.6 Å². The SMILES string of the molecule is CCCCCn1c(S[C@H](C)C(=O)NC(=O)NC)nc2sc3c(c2c1=O)CCC3. The topological polar surface area (TPSA) is 93.1 Å². The number of fused-ring (bicyclic) bond motifs is 3. The van der Waals surface area contributed by atoms with E-state index < -0.39 is 17.2 Å². The summed E-state index contributed by atoms with van der Waals surface area (Å²) in [5.41, 5.74) is 1.17. The van der Waals surface area contributed by atoms with Gasteiger partial charge in [0.25, 0.3) is 5.56 Å². The lowest BCUT2D eigenvalue weighted by atomic mass is 10.2. The van der Waals surface area contributed by atoms with Gasteiger partial charge in [-0.15, -0.1) is 11.3 Å². The van der Waals surface area contributed by atoms with E-state index in [-0.39, 0.29) is 5.56 Å². The fourth-order valence-corrected chi connectivity index (χ4v) is 5.59. The standard InChI is InChI=1S/C19H26N4O3S2/c1-4-5-6-10-23-17(25)14-12-8-7-9-13(12)28-16(14)22-19(23)27-11(2)15(24)21-18(26)20-3/h11H,4-10H2,1-3H3,(H2,20,21,24,26)/t11-/m1/s1. The first kappa shape index (κ1) is 20.9. The van der Waals surface area contributed by atoms with Gasteiger partial charge in [-0.3, -0.25) is 19.5 Å². The van der Waals surface area contributed by atoms with Crippen LogP contribution >= 0.6 is 23.1 Å². The molecule has 0 radical (unpaired) electrons. The number of amides is 3. The number of carbonyl (C=O) groups is 2. The first-order valence-corrected chi connectivity index (χ1v) is 11.4. The molecule has 0 aromatic carbocycles. The fourth-order valence-electron chi connectivity index (χ4n) is 3.35. The van der Waals surface area contributed by atoms with Gasteiger partial charge in [-0.25, -0.2) is 9.78 Å². The van der Waals surface area contributed by atoms with Crippen LogP contribution in [-0.4, -0.2) is 33.8 Å². The Labute approximate surface area is 172 Å². The average Bonchev–Trinajstić information content (AvgIpc) is 3.24. The molecule has 9 heteroatoms. The Balaban J connectivity index is 1.95. The third-order valence-corrected chi connectivity index (χ3v) is 7.17. The molecular weight excluding hydrogens is 396 g/mol. The summed E-state index contributed by atoms with van der Waals surface area (Å²) in [6.45, 7) is 4.42. The van der Waals surface area contributed by atoms with Crippen molar-refractivity contribution in [1.82, 2.24) is 20.2 Å². The lowest BCUT2D eigenvalue weighted by molar-refractivity contribution is -0.119. The molecule has 1 aliphatic rings. The second kappa shape index (κ2) is 9.09. The Kier molecular flexibility index (Phi) is 6.77. The number of thioether (sulfide) groups is 1. The summed E-state index contributed by atoms with van der Waals surface area (Å²) in [5, 5.41) is 5.41. The zero-order valence-electron chi connectivity index (χ0n) is 16.5. The highest BCUT2D eigenvalue weighted by Gasteiger charge is 2.25. The van der Waals surface area contributed by atoms with Crippen LogP contribution in [-0.2, 0) is 24.2 Å². The monoisotopic (exact) mass is 422 g/mol. The zero-order chi connectivity index (χ0) is 20.3. The molecule has 0 saturated carbocycles. The number of imide groups is 1. The van der Waals surface area contributed by atoms with E-state index in [0.29, 0.717) is 11.7 Å². The second-order valence-corrected chi connectivity index (χ2v) is 9.32. The fraction of sp³-hybridized carbons (Fsp3) is 0.579. The number of rotatable bonds is 7. The highest BCUT2D eigenvalue weighted by molar-refractivity contribution is 8.00. The van der Waals surface area contributed by atoms with Crippen LogP contribution in [0.4, 0.5) is 4.79 Å². The summed E-state index contributed by atoms with van der Waals surface area (Å²) >= 11 is 2.82. The van der Waals surface area contributed by atoms with E-state index in [9.17, 15) is 14.4 Å². The van der Waals surface area contributed by atoms with Gasteiger partial charge in [-0.05, 0) is 38.2 Å². The van der Waals surface area contributed by atoms with Crippen LogP contribution in [0.3, 0.4) is 0 Å². The Hall–Kier alpha value is -1.87. The summed E-state index contributed by atoms with van der Waals surface area (Å²) in [7, 11) is 1.46. The summed E-state index contributed by atoms with van der Waals surface area (Å²) in [6.07, 6.45) is 6.04. The van der Waals surface area contributed by atoms with E-state index in [2.05, 4.69) is 17.6 Å². The molecule has 0 aliphatic heterocycles. The molecular formula is C19H26N4O3S2. The number of aromatic nitrogens is 2. The van der Waals surface area contributed by atoms with Crippen molar-refractivity contribution in [2.75, 3.05) is 7.05 Å². The number of unbranched alkanes of at least 4 members (excludes halogenated alkanes) is 2. The van der Waals surface area contributed by atoms with Gasteiger partial charge < -0.3 is 5.32 Å². The van der Waals surface area contributed by atoms with Crippen molar-refractivity contribution in [2.24, 2.45) is 0 Å². The Bertz CT molecular complexity index is 951. The molecule has 2 aromatic rings. The van der Waals surface area contributed by atoms with Crippen molar-refractivity contribution in [2.45, 2.75) is 69.3 Å². The van der Waals surface area contributed by atoms with Crippen LogP contribution in [0.5, 0.6) is 0 Å². The Morgan fingerprint density at radius 2 is 2.11 bits per heavy atom. The number of nitrogens with zero attached hydrogens (tertiary/aromatic N) is 2. The van der Waals surface area contributed by atoms with Crippen LogP contribution < -0.4 is 16.2 Å². The van der Waals surface area contributed by atoms with Crippen molar-refractivity contribution in [3.05, 3.63) is 20.8 Å². The van der Waals surface area contributed by atoms with Gasteiger partial charge in [-0.1, -0.05) is 31.5 Å². The molecule has 152 valence electrons. The van der Waals surface area contributed by atoms with Crippen molar-refractivity contribution < 1.29 is 9.59 Å². The minimum Gasteiger partial charge on any atom is -0.341 e. The number of thiophene rings is 1. The highest BCUT2D eigenvalue weighted by Crippen LogP contribution is 2.36. The first-order chi connectivity index (χ1) is 13.5. The van der Waals surface area contributed by atoms with E-state index in [1.165, 1.54) is 29.3 Å². The number of aryl methyl sites for hydroxylation is 2. The average molecular weight is 423 g/mol. The maximum Gasteiger partial charge on any atom is 0.321 e. The molecule has 3 amide bonds. The molecule has 0 saturated heterocycles. The third-order valence-electron chi connectivity index (χ3n) is 4.89. The van der Waals surface area contributed by atoms with E-state index >= 15 is 0 Å². The molecule has 3 rings (SSSR count). The summed E-state index contributed by atoms with van der Waals surface area (Å²) in [5.74, 6) is -0.410. The van der Waals surface area contributed by atoms with Crippen LogP contribution in [0, 0.1) is 0 Å². The van der Waals surface area contributed by atoms with Crippen LogP contribution in [0.25, 0.3) is 10.2 Å². The summed E-state index contributed by atoms with van der Waals surface area (Å²) in [4.78, 5) is 43.7. The normalized spacial score (nSPS) is 14.1. The lowest BCUT2D eigenvalue weighted by Crippen LogP contribution is -2.41. The summed E-state index contributed by atoms with van der Waals surface area (Å²) < 4.78 is 1.72. The van der Waals surface area contributed by atoms with Crippen LogP contribution in [0.1, 0.15) is 50.0 Å². The molecule has 2 heterocycles. The van der Waals surface area contributed by atoms with Crippen LogP contribution in [0.15, 0.2) is 9.95 Å². The van der Waals surface area contributed by atoms with Crippen molar-refractivity contribution in [1.29, 1.82) is 0 Å². The van der Waals surface area contributed by atoms with E-state index in [4.69, 9.17) is 4.98 Å². The number of hydrogen-bond acceptors (Lipinski definition) is 6. The van der Waals surface area contributed by atoms with Gasteiger partial charge in [-0.2, -0.15) is 0 Å². The van der Waals surface area contributed by atoms with E-state index in [0.717, 1.165) is 48.7 Å². The van der Waals surface area contributed by atoms with Crippen molar-refractivity contribution in [3.63, 3.8) is 0 Å². The highest BCUT2D eigenvalue weighted by atomic mass is 32.2. The number of hydrogen-bond donors (Lipinski definition) is 2. The van der Waals surface area contributed by atoms with Gasteiger partial charge in [0, 0.05) is 18.5 Å². The van der Waals surface area contributed by atoms with Crippen molar-refractivity contribution in [3.8, 4) is 0 Å². The predicted octanol–water partition coefficient (Wildman–Crippen LogP) is 3.07. The zero-order valence-corrected chi connectivity index (χ0v) is 18.1. The molecule has 2 N–H and O–H groups in total. The lowest BCUT2D eigenvalue weighted by Gasteiger charge is -2.15. The maximum absolute atomic E-state index is 13.3. The molecule has 1 atom stereocenters. The van der Waals surface area contributed by atoms with Crippen molar-refractivity contribution >= 4 is 45.3 Å². The first-order valence-electron chi connectivity index (χ1n) is 9.70. The quantitative estimate of drug-likeness (QED) is 0.406. The molecule has 0 fully saturated rings. The largest absolute Gasteiger partial charge is 0.341 e. The smallest absolute Gasteiger partial charge is 0.321 e. The predicted molar refractivity (Wildman–Crippen MR) is 113 cm³/mol. The van der Waals surface area contributed by atoms with E-state index in [1.54, 1.807) is 22.8 Å². The molecule has 7 nitrogen and oxygen atoms in total. The number of nitrogens with one attached hydrogen (secondary N) is 2. The van der Waals surface area contributed by atoms with Crippen LogP contribution in [0.2, 0.25) is 0 Å². The number of urea groups is 1. The molecule has 28 heavy (non-hydrogen) atoms. The molecule has 0 spiro atoms.